The van der Waals surface area contributed by atoms with Crippen molar-refractivity contribution in [2.24, 2.45) is 0 Å². The second-order valence-electron chi connectivity index (χ2n) is 5.99. The number of thiazole rings is 1. The summed E-state index contributed by atoms with van der Waals surface area (Å²) < 4.78 is 2.18. The van der Waals surface area contributed by atoms with Crippen LogP contribution in [0.3, 0.4) is 0 Å². The van der Waals surface area contributed by atoms with Crippen LogP contribution >= 0.6 is 23.1 Å². The Morgan fingerprint density at radius 2 is 1.81 bits per heavy atom. The molecule has 0 saturated heterocycles. The molecule has 4 rings (SSSR count). The summed E-state index contributed by atoms with van der Waals surface area (Å²) in [5.74, 6) is 1.67. The van der Waals surface area contributed by atoms with Crippen LogP contribution in [-0.2, 0) is 12.3 Å². The third-order valence-electron chi connectivity index (χ3n) is 4.02. The van der Waals surface area contributed by atoms with E-state index in [4.69, 9.17) is 4.98 Å². The fourth-order valence-corrected chi connectivity index (χ4v) is 4.55. The highest BCUT2D eigenvalue weighted by molar-refractivity contribution is 7.98. The maximum atomic E-state index is 4.77. The molecule has 4 aromatic rings. The Balaban J connectivity index is 1.52. The monoisotopic (exact) mass is 393 g/mol. The highest BCUT2D eigenvalue weighted by atomic mass is 32.2. The van der Waals surface area contributed by atoms with Gasteiger partial charge in [0.25, 0.3) is 0 Å². The maximum Gasteiger partial charge on any atom is 0.191 e. The highest BCUT2D eigenvalue weighted by Crippen LogP contribution is 2.29. The molecule has 27 heavy (non-hydrogen) atoms. The van der Waals surface area contributed by atoms with Gasteiger partial charge < -0.3 is 4.57 Å². The van der Waals surface area contributed by atoms with E-state index in [1.54, 1.807) is 35.5 Å². The number of pyridine rings is 1. The fraction of sp³-hybridized carbons (Fsp3) is 0.200. The van der Waals surface area contributed by atoms with Crippen LogP contribution in [0.25, 0.3) is 22.0 Å². The average Bonchev–Trinajstić information content (AvgIpc) is 3.35. The summed E-state index contributed by atoms with van der Waals surface area (Å²) in [5.41, 5.74) is 3.27. The summed E-state index contributed by atoms with van der Waals surface area (Å²) in [5, 5.41) is 12.9. The molecule has 5 nitrogen and oxygen atoms in total. The number of aromatic nitrogens is 5. The molecule has 0 aliphatic carbocycles. The molecule has 0 atom stereocenters. The molecular weight excluding hydrogens is 374 g/mol. The summed E-state index contributed by atoms with van der Waals surface area (Å²) in [7, 11) is 0. The van der Waals surface area contributed by atoms with Gasteiger partial charge in [-0.15, -0.1) is 21.5 Å². The van der Waals surface area contributed by atoms with Gasteiger partial charge in [-0.2, -0.15) is 0 Å². The molecule has 7 heteroatoms. The molecule has 1 aromatic carbocycles. The van der Waals surface area contributed by atoms with Crippen LogP contribution in [0.5, 0.6) is 0 Å². The molecule has 3 aromatic heterocycles. The predicted molar refractivity (Wildman–Crippen MR) is 111 cm³/mol. The summed E-state index contributed by atoms with van der Waals surface area (Å²) >= 11 is 3.36. The molecule has 0 N–H and O–H groups in total. The molecule has 0 bridgehead atoms. The van der Waals surface area contributed by atoms with Crippen LogP contribution in [0, 0.1) is 0 Å². The second-order valence-corrected chi connectivity index (χ2v) is 7.79. The normalized spacial score (nSPS) is 11.0. The first kappa shape index (κ1) is 17.9. The Morgan fingerprint density at radius 1 is 1.00 bits per heavy atom. The molecule has 0 radical (unpaired) electrons. The van der Waals surface area contributed by atoms with Crippen LogP contribution in [0.2, 0.25) is 0 Å². The zero-order valence-electron chi connectivity index (χ0n) is 14.9. The number of nitrogens with zero attached hydrogens (tertiary/aromatic N) is 5. The van der Waals surface area contributed by atoms with Gasteiger partial charge in [-0.25, -0.2) is 4.98 Å². The predicted octanol–water partition coefficient (Wildman–Crippen LogP) is 5.17. The third kappa shape index (κ3) is 4.09. The quantitative estimate of drug-likeness (QED) is 0.406. The van der Waals surface area contributed by atoms with Crippen molar-refractivity contribution in [2.75, 3.05) is 0 Å². The minimum absolute atomic E-state index is 0.779. The van der Waals surface area contributed by atoms with Crippen LogP contribution in [0.4, 0.5) is 0 Å². The Labute approximate surface area is 166 Å². The van der Waals surface area contributed by atoms with Crippen molar-refractivity contribution in [1.82, 2.24) is 24.7 Å². The van der Waals surface area contributed by atoms with Crippen LogP contribution in [-0.4, -0.2) is 24.7 Å². The number of thioether (sulfide) groups is 1. The van der Waals surface area contributed by atoms with E-state index in [0.29, 0.717) is 0 Å². The van der Waals surface area contributed by atoms with Crippen molar-refractivity contribution in [1.29, 1.82) is 0 Å². The van der Waals surface area contributed by atoms with Gasteiger partial charge in [0.05, 0.1) is 5.69 Å². The summed E-state index contributed by atoms with van der Waals surface area (Å²) in [6.45, 7) is 3.05. The molecule has 136 valence electrons. The summed E-state index contributed by atoms with van der Waals surface area (Å²) in [6.07, 6.45) is 4.60. The second kappa shape index (κ2) is 8.45. The molecule has 3 heterocycles. The van der Waals surface area contributed by atoms with Crippen molar-refractivity contribution in [3.05, 3.63) is 65.9 Å². The lowest BCUT2D eigenvalue weighted by Gasteiger charge is -2.08. The minimum Gasteiger partial charge on any atom is -0.302 e. The van der Waals surface area contributed by atoms with E-state index in [-0.39, 0.29) is 0 Å². The highest BCUT2D eigenvalue weighted by Gasteiger charge is 2.14. The molecule has 0 aliphatic heterocycles. The van der Waals surface area contributed by atoms with E-state index < -0.39 is 0 Å². The van der Waals surface area contributed by atoms with Gasteiger partial charge in [0.1, 0.15) is 5.01 Å². The van der Waals surface area contributed by atoms with Crippen molar-refractivity contribution in [3.8, 4) is 22.0 Å². The van der Waals surface area contributed by atoms with E-state index in [1.807, 2.05) is 30.3 Å². The molecule has 0 spiro atoms. The van der Waals surface area contributed by atoms with Gasteiger partial charge in [-0.3, -0.25) is 4.98 Å². The SMILES string of the molecule is CCCn1c(SCc2csc(-c3ccccc3)n2)nnc1-c1ccncc1. The van der Waals surface area contributed by atoms with Gasteiger partial charge >= 0.3 is 0 Å². The van der Waals surface area contributed by atoms with Gasteiger partial charge in [-0.1, -0.05) is 49.0 Å². The molecule has 0 fully saturated rings. The number of rotatable bonds is 7. The minimum atomic E-state index is 0.779. The van der Waals surface area contributed by atoms with Crippen molar-refractivity contribution in [2.45, 2.75) is 30.8 Å². The van der Waals surface area contributed by atoms with E-state index in [0.717, 1.165) is 51.5 Å². The zero-order valence-corrected chi connectivity index (χ0v) is 16.6. The smallest absolute Gasteiger partial charge is 0.191 e. The first-order valence-electron chi connectivity index (χ1n) is 8.81. The van der Waals surface area contributed by atoms with E-state index >= 15 is 0 Å². The lowest BCUT2D eigenvalue weighted by Crippen LogP contribution is -2.02. The lowest BCUT2D eigenvalue weighted by molar-refractivity contribution is 0.626. The summed E-state index contributed by atoms with van der Waals surface area (Å²) in [6, 6.07) is 14.2. The largest absolute Gasteiger partial charge is 0.302 e. The average molecular weight is 394 g/mol. The van der Waals surface area contributed by atoms with Gasteiger partial charge in [0, 0.05) is 41.2 Å². The van der Waals surface area contributed by atoms with Crippen LogP contribution in [0.1, 0.15) is 19.0 Å². The molecule has 0 amide bonds. The Morgan fingerprint density at radius 3 is 2.59 bits per heavy atom. The molecular formula is C20H19N5S2. The van der Waals surface area contributed by atoms with E-state index in [1.165, 1.54) is 0 Å². The van der Waals surface area contributed by atoms with E-state index in [2.05, 4.69) is 44.2 Å². The third-order valence-corrected chi connectivity index (χ3v) is 5.96. The number of benzene rings is 1. The standard InChI is InChI=1S/C20H19N5S2/c1-2-12-25-18(15-8-10-21-11-9-15)23-24-20(25)27-14-17-13-26-19(22-17)16-6-4-3-5-7-16/h3-11,13H,2,12,14H2,1H3. The first-order chi connectivity index (χ1) is 13.3. The Bertz CT molecular complexity index is 996. The number of hydrogen-bond acceptors (Lipinski definition) is 6. The Hall–Kier alpha value is -2.51. The Kier molecular flexibility index (Phi) is 5.60. The molecule has 0 aliphatic rings. The summed E-state index contributed by atoms with van der Waals surface area (Å²) in [4.78, 5) is 8.86. The van der Waals surface area contributed by atoms with Gasteiger partial charge in [0.15, 0.2) is 11.0 Å². The topological polar surface area (TPSA) is 56.5 Å². The number of hydrogen-bond donors (Lipinski definition) is 0. The maximum absolute atomic E-state index is 4.77. The lowest BCUT2D eigenvalue weighted by atomic mass is 10.2. The van der Waals surface area contributed by atoms with Crippen molar-refractivity contribution in [3.63, 3.8) is 0 Å². The van der Waals surface area contributed by atoms with Crippen LogP contribution < -0.4 is 0 Å². The molecule has 0 unspecified atom stereocenters. The van der Waals surface area contributed by atoms with Crippen LogP contribution in [0.15, 0.2) is 65.4 Å². The van der Waals surface area contributed by atoms with Crippen molar-refractivity contribution >= 4 is 23.1 Å². The van der Waals surface area contributed by atoms with Crippen molar-refractivity contribution < 1.29 is 0 Å². The first-order valence-corrected chi connectivity index (χ1v) is 10.7. The van der Waals surface area contributed by atoms with E-state index in [9.17, 15) is 0 Å². The molecule has 0 saturated carbocycles. The fourth-order valence-electron chi connectivity index (χ4n) is 2.76. The van der Waals surface area contributed by atoms with Gasteiger partial charge in [0.2, 0.25) is 0 Å². The van der Waals surface area contributed by atoms with Gasteiger partial charge in [-0.05, 0) is 18.6 Å². The zero-order chi connectivity index (χ0) is 18.5.